The Hall–Kier alpha value is -0.860. The molecule has 2 nitrogen and oxygen atoms in total. The van der Waals surface area contributed by atoms with Crippen LogP contribution in [-0.2, 0) is 4.74 Å². The normalized spacial score (nSPS) is 27.9. The molecule has 1 fully saturated rings. The molecule has 1 aromatic rings. The third kappa shape index (κ3) is 2.06. The van der Waals surface area contributed by atoms with Gasteiger partial charge in [-0.2, -0.15) is 0 Å². The minimum atomic E-state index is -0.483. The summed E-state index contributed by atoms with van der Waals surface area (Å²) in [7, 11) is 0. The number of ether oxygens (including phenoxy) is 1. The second kappa shape index (κ2) is 4.33. The Balaban J connectivity index is 2.20. The molecule has 15 heavy (non-hydrogen) atoms. The van der Waals surface area contributed by atoms with Crippen LogP contribution >= 0.6 is 0 Å². The predicted octanol–water partition coefficient (Wildman–Crippen LogP) is 2.45. The molecule has 0 aromatic heterocycles. The van der Waals surface area contributed by atoms with Gasteiger partial charge in [0.25, 0.3) is 0 Å². The average Bonchev–Trinajstić information content (AvgIpc) is 2.64. The number of aliphatic hydroxyl groups excluding tert-OH is 1. The van der Waals surface area contributed by atoms with Crippen molar-refractivity contribution in [2.45, 2.75) is 32.5 Å². The zero-order chi connectivity index (χ0) is 10.8. The van der Waals surface area contributed by atoms with Gasteiger partial charge >= 0.3 is 0 Å². The van der Waals surface area contributed by atoms with E-state index in [-0.39, 0.29) is 6.10 Å². The molecule has 0 bridgehead atoms. The molecule has 0 amide bonds. The van der Waals surface area contributed by atoms with E-state index in [0.29, 0.717) is 5.92 Å². The van der Waals surface area contributed by atoms with Crippen LogP contribution < -0.4 is 0 Å². The lowest BCUT2D eigenvalue weighted by molar-refractivity contribution is -0.0180. The Morgan fingerprint density at radius 2 is 2.13 bits per heavy atom. The zero-order valence-electron chi connectivity index (χ0n) is 9.31. The summed E-state index contributed by atoms with van der Waals surface area (Å²) in [5.41, 5.74) is 2.13. The molecule has 1 heterocycles. The summed E-state index contributed by atoms with van der Waals surface area (Å²) in [5.74, 6) is 0.444. The van der Waals surface area contributed by atoms with Gasteiger partial charge in [-0.15, -0.1) is 0 Å². The Kier molecular flexibility index (Phi) is 3.08. The molecule has 1 aliphatic rings. The predicted molar refractivity (Wildman–Crippen MR) is 59.7 cm³/mol. The Morgan fingerprint density at radius 1 is 1.40 bits per heavy atom. The molecule has 0 saturated carbocycles. The molecule has 0 spiro atoms. The van der Waals surface area contributed by atoms with Crippen LogP contribution in [0.5, 0.6) is 0 Å². The highest BCUT2D eigenvalue weighted by molar-refractivity contribution is 5.28. The van der Waals surface area contributed by atoms with E-state index in [1.54, 1.807) is 0 Å². The average molecular weight is 206 g/mol. The second-order valence-electron chi connectivity index (χ2n) is 4.40. The summed E-state index contributed by atoms with van der Waals surface area (Å²) in [6.45, 7) is 4.94. The first kappa shape index (κ1) is 10.7. The van der Waals surface area contributed by atoms with Gasteiger partial charge in [0.15, 0.2) is 0 Å². The van der Waals surface area contributed by atoms with Gasteiger partial charge in [0, 0.05) is 6.61 Å². The van der Waals surface area contributed by atoms with Crippen LogP contribution in [-0.4, -0.2) is 17.8 Å². The number of benzene rings is 1. The molecule has 3 unspecified atom stereocenters. The van der Waals surface area contributed by atoms with Gasteiger partial charge in [0.1, 0.15) is 6.10 Å². The lowest BCUT2D eigenvalue weighted by atomic mass is 9.92. The molecule has 0 aliphatic carbocycles. The van der Waals surface area contributed by atoms with Crippen molar-refractivity contribution in [3.05, 3.63) is 35.4 Å². The first-order valence-electron chi connectivity index (χ1n) is 5.55. The van der Waals surface area contributed by atoms with E-state index in [9.17, 15) is 5.11 Å². The van der Waals surface area contributed by atoms with Crippen LogP contribution in [0.4, 0.5) is 0 Å². The van der Waals surface area contributed by atoms with Crippen molar-refractivity contribution in [1.29, 1.82) is 0 Å². The molecule has 2 heteroatoms. The van der Waals surface area contributed by atoms with E-state index in [0.717, 1.165) is 24.2 Å². The first-order valence-corrected chi connectivity index (χ1v) is 5.55. The van der Waals surface area contributed by atoms with E-state index >= 15 is 0 Å². The van der Waals surface area contributed by atoms with Crippen molar-refractivity contribution in [3.63, 3.8) is 0 Å². The molecule has 0 radical (unpaired) electrons. The topological polar surface area (TPSA) is 29.5 Å². The van der Waals surface area contributed by atoms with Crippen LogP contribution in [0.2, 0.25) is 0 Å². The SMILES string of the molecule is Cc1ccccc1C(O)C1OCCC1C. The van der Waals surface area contributed by atoms with Crippen molar-refractivity contribution in [2.24, 2.45) is 5.92 Å². The Labute approximate surface area is 90.9 Å². The third-order valence-corrected chi connectivity index (χ3v) is 3.26. The monoisotopic (exact) mass is 206 g/mol. The fourth-order valence-corrected chi connectivity index (χ4v) is 2.22. The number of aliphatic hydroxyl groups is 1. The van der Waals surface area contributed by atoms with Gasteiger partial charge < -0.3 is 9.84 Å². The highest BCUT2D eigenvalue weighted by Crippen LogP contribution is 2.32. The van der Waals surface area contributed by atoms with E-state index in [1.807, 2.05) is 31.2 Å². The zero-order valence-corrected chi connectivity index (χ0v) is 9.31. The van der Waals surface area contributed by atoms with Crippen molar-refractivity contribution in [1.82, 2.24) is 0 Å². The molecule has 82 valence electrons. The molecule has 1 aliphatic heterocycles. The number of hydrogen-bond acceptors (Lipinski definition) is 2. The first-order chi connectivity index (χ1) is 7.20. The van der Waals surface area contributed by atoms with Gasteiger partial charge in [-0.25, -0.2) is 0 Å². The lowest BCUT2D eigenvalue weighted by Crippen LogP contribution is -2.23. The maximum absolute atomic E-state index is 10.2. The molecule has 1 aromatic carbocycles. The van der Waals surface area contributed by atoms with Crippen LogP contribution in [0, 0.1) is 12.8 Å². The summed E-state index contributed by atoms with van der Waals surface area (Å²) in [5, 5.41) is 10.2. The fraction of sp³-hybridized carbons (Fsp3) is 0.538. The highest BCUT2D eigenvalue weighted by Gasteiger charge is 2.32. The van der Waals surface area contributed by atoms with E-state index in [2.05, 4.69) is 6.92 Å². The van der Waals surface area contributed by atoms with Gasteiger partial charge in [0.2, 0.25) is 0 Å². The Morgan fingerprint density at radius 3 is 2.73 bits per heavy atom. The maximum Gasteiger partial charge on any atom is 0.106 e. The van der Waals surface area contributed by atoms with Crippen molar-refractivity contribution < 1.29 is 9.84 Å². The van der Waals surface area contributed by atoms with Gasteiger partial charge in [-0.05, 0) is 30.4 Å². The van der Waals surface area contributed by atoms with Gasteiger partial charge in [-0.3, -0.25) is 0 Å². The van der Waals surface area contributed by atoms with Crippen LogP contribution in [0.1, 0.15) is 30.6 Å². The molecule has 2 rings (SSSR count). The standard InChI is InChI=1S/C13H18O2/c1-9-5-3-4-6-11(9)12(14)13-10(2)7-8-15-13/h3-6,10,12-14H,7-8H2,1-2H3. The fourth-order valence-electron chi connectivity index (χ4n) is 2.22. The second-order valence-corrected chi connectivity index (χ2v) is 4.40. The molecular formula is C13H18O2. The quantitative estimate of drug-likeness (QED) is 0.805. The largest absolute Gasteiger partial charge is 0.386 e. The minimum Gasteiger partial charge on any atom is -0.386 e. The number of rotatable bonds is 2. The molecule has 1 N–H and O–H groups in total. The molecular weight excluding hydrogens is 188 g/mol. The van der Waals surface area contributed by atoms with Gasteiger partial charge in [-0.1, -0.05) is 31.2 Å². The minimum absolute atomic E-state index is 0.0360. The van der Waals surface area contributed by atoms with Crippen LogP contribution in [0.25, 0.3) is 0 Å². The molecule has 3 atom stereocenters. The third-order valence-electron chi connectivity index (χ3n) is 3.26. The van der Waals surface area contributed by atoms with E-state index in [1.165, 1.54) is 0 Å². The molecule has 1 saturated heterocycles. The smallest absolute Gasteiger partial charge is 0.106 e. The van der Waals surface area contributed by atoms with E-state index < -0.39 is 6.10 Å². The van der Waals surface area contributed by atoms with Crippen LogP contribution in [0.15, 0.2) is 24.3 Å². The highest BCUT2D eigenvalue weighted by atomic mass is 16.5. The summed E-state index contributed by atoms with van der Waals surface area (Å²) in [6, 6.07) is 7.96. The number of hydrogen-bond donors (Lipinski definition) is 1. The maximum atomic E-state index is 10.2. The summed E-state index contributed by atoms with van der Waals surface area (Å²) in [4.78, 5) is 0. The summed E-state index contributed by atoms with van der Waals surface area (Å²) >= 11 is 0. The summed E-state index contributed by atoms with van der Waals surface area (Å²) in [6.07, 6.45) is 0.531. The lowest BCUT2D eigenvalue weighted by Gasteiger charge is -2.22. The van der Waals surface area contributed by atoms with Gasteiger partial charge in [0.05, 0.1) is 6.10 Å². The van der Waals surface area contributed by atoms with Crippen molar-refractivity contribution >= 4 is 0 Å². The van der Waals surface area contributed by atoms with E-state index in [4.69, 9.17) is 4.74 Å². The van der Waals surface area contributed by atoms with Crippen molar-refractivity contribution in [3.8, 4) is 0 Å². The van der Waals surface area contributed by atoms with Crippen LogP contribution in [0.3, 0.4) is 0 Å². The summed E-state index contributed by atoms with van der Waals surface area (Å²) < 4.78 is 5.59. The van der Waals surface area contributed by atoms with Crippen molar-refractivity contribution in [2.75, 3.05) is 6.61 Å². The Bertz CT molecular complexity index is 335. The number of aryl methyl sites for hydroxylation is 1.